The topological polar surface area (TPSA) is 95.5 Å². The van der Waals surface area contributed by atoms with Crippen molar-refractivity contribution < 1.29 is 18.3 Å². The fraction of sp³-hybridized carbons (Fsp3) is 0.900. The van der Waals surface area contributed by atoms with Crippen LogP contribution in [-0.4, -0.2) is 32.1 Å². The van der Waals surface area contributed by atoms with Gasteiger partial charge in [-0.15, -0.1) is 0 Å². The van der Waals surface area contributed by atoms with Crippen LogP contribution in [0.15, 0.2) is 0 Å². The van der Waals surface area contributed by atoms with Crippen LogP contribution in [0.5, 0.6) is 0 Å². The molecular formula is C10H20N2O4S. The third kappa shape index (κ3) is 3.40. The second-order valence-electron chi connectivity index (χ2n) is 4.64. The molecule has 1 saturated carbocycles. The third-order valence-electron chi connectivity index (χ3n) is 3.33. The summed E-state index contributed by atoms with van der Waals surface area (Å²) in [5.41, 5.74) is -1.01. The fourth-order valence-electron chi connectivity index (χ4n) is 2.20. The van der Waals surface area contributed by atoms with Gasteiger partial charge in [0.05, 0.1) is 5.41 Å². The van der Waals surface area contributed by atoms with Crippen molar-refractivity contribution in [2.75, 3.05) is 6.54 Å². The highest BCUT2D eigenvalue weighted by Crippen LogP contribution is 2.36. The van der Waals surface area contributed by atoms with Crippen molar-refractivity contribution in [3.8, 4) is 0 Å². The Morgan fingerprint density at radius 1 is 1.47 bits per heavy atom. The van der Waals surface area contributed by atoms with E-state index < -0.39 is 27.6 Å². The van der Waals surface area contributed by atoms with E-state index in [9.17, 15) is 18.3 Å². The Bertz CT molecular complexity index is 382. The first-order valence-electron chi connectivity index (χ1n) is 5.82. The van der Waals surface area contributed by atoms with Gasteiger partial charge in [-0.2, -0.15) is 13.1 Å². The average molecular weight is 264 g/mol. The highest BCUT2D eigenvalue weighted by Gasteiger charge is 2.44. The smallest absolute Gasteiger partial charge is 0.310 e. The first-order chi connectivity index (χ1) is 7.82. The molecular weight excluding hydrogens is 244 g/mol. The number of aliphatic carboxylic acids is 1. The van der Waals surface area contributed by atoms with Crippen molar-refractivity contribution in [2.24, 2.45) is 5.41 Å². The Morgan fingerprint density at radius 3 is 2.65 bits per heavy atom. The molecule has 0 aliphatic heterocycles. The first-order valence-corrected chi connectivity index (χ1v) is 7.30. The molecule has 2 unspecified atom stereocenters. The van der Waals surface area contributed by atoms with Gasteiger partial charge in [-0.25, -0.2) is 4.72 Å². The van der Waals surface area contributed by atoms with Gasteiger partial charge < -0.3 is 5.11 Å². The molecule has 6 nitrogen and oxygen atoms in total. The Kier molecular flexibility index (Phi) is 4.51. The maximum absolute atomic E-state index is 11.6. The number of rotatable bonds is 5. The molecule has 0 aromatic heterocycles. The van der Waals surface area contributed by atoms with Crippen LogP contribution >= 0.6 is 0 Å². The Hall–Kier alpha value is -0.660. The lowest BCUT2D eigenvalue weighted by atomic mass is 9.72. The number of hydrogen-bond acceptors (Lipinski definition) is 3. The predicted octanol–water partition coefficient (Wildman–Crippen LogP) is 0.464. The van der Waals surface area contributed by atoms with E-state index >= 15 is 0 Å². The van der Waals surface area contributed by atoms with E-state index in [0.717, 1.165) is 12.8 Å². The number of carboxylic acid groups (broad SMARTS) is 1. The molecule has 0 aromatic carbocycles. The lowest BCUT2D eigenvalue weighted by Crippen LogP contribution is -2.54. The molecule has 0 heterocycles. The number of hydrogen-bond donors (Lipinski definition) is 3. The summed E-state index contributed by atoms with van der Waals surface area (Å²) in [4.78, 5) is 11.3. The summed E-state index contributed by atoms with van der Waals surface area (Å²) in [6.07, 6.45) is 2.74. The normalized spacial score (nSPS) is 30.1. The molecule has 1 rings (SSSR count). The molecule has 3 N–H and O–H groups in total. The second-order valence-corrected chi connectivity index (χ2v) is 6.17. The number of carboxylic acids is 1. The van der Waals surface area contributed by atoms with E-state index in [1.54, 1.807) is 13.8 Å². The summed E-state index contributed by atoms with van der Waals surface area (Å²) < 4.78 is 28.0. The van der Waals surface area contributed by atoms with Gasteiger partial charge in [0.25, 0.3) is 10.2 Å². The molecule has 7 heteroatoms. The Labute approximate surface area is 102 Å². The summed E-state index contributed by atoms with van der Waals surface area (Å²) in [6, 6.07) is -0.544. The molecule has 0 amide bonds. The average Bonchev–Trinajstić information content (AvgIpc) is 2.21. The van der Waals surface area contributed by atoms with Crippen LogP contribution < -0.4 is 9.44 Å². The van der Waals surface area contributed by atoms with E-state index in [4.69, 9.17) is 0 Å². The van der Waals surface area contributed by atoms with Crippen LogP contribution in [0.25, 0.3) is 0 Å². The van der Waals surface area contributed by atoms with Gasteiger partial charge in [-0.05, 0) is 19.8 Å². The fourth-order valence-corrected chi connectivity index (χ4v) is 3.41. The zero-order chi connectivity index (χ0) is 13.1. The van der Waals surface area contributed by atoms with Gasteiger partial charge in [0.15, 0.2) is 0 Å². The van der Waals surface area contributed by atoms with Gasteiger partial charge >= 0.3 is 5.97 Å². The zero-order valence-electron chi connectivity index (χ0n) is 10.2. The van der Waals surface area contributed by atoms with Crippen LogP contribution in [0.3, 0.4) is 0 Å². The SMILES string of the molecule is CCNS(=O)(=O)NC1CCCCC1(C)C(=O)O. The molecule has 2 atom stereocenters. The lowest BCUT2D eigenvalue weighted by Gasteiger charge is -2.37. The van der Waals surface area contributed by atoms with Crippen LogP contribution in [-0.2, 0) is 15.0 Å². The maximum Gasteiger partial charge on any atom is 0.310 e. The third-order valence-corrected chi connectivity index (χ3v) is 4.59. The van der Waals surface area contributed by atoms with E-state index in [2.05, 4.69) is 9.44 Å². The minimum atomic E-state index is -3.60. The molecule has 100 valence electrons. The standard InChI is InChI=1S/C10H20N2O4S/c1-3-11-17(15,16)12-8-6-4-5-7-10(8,2)9(13)14/h8,11-12H,3-7H2,1-2H3,(H,13,14). The van der Waals surface area contributed by atoms with Gasteiger partial charge in [0.2, 0.25) is 0 Å². The molecule has 0 saturated heterocycles. The highest BCUT2D eigenvalue weighted by molar-refractivity contribution is 7.87. The summed E-state index contributed by atoms with van der Waals surface area (Å²) in [5, 5.41) is 9.24. The van der Waals surface area contributed by atoms with Crippen LogP contribution in [0, 0.1) is 5.41 Å². The van der Waals surface area contributed by atoms with Crippen molar-refractivity contribution in [1.82, 2.24) is 9.44 Å². The van der Waals surface area contributed by atoms with Crippen molar-refractivity contribution >= 4 is 16.2 Å². The van der Waals surface area contributed by atoms with Crippen molar-refractivity contribution in [3.63, 3.8) is 0 Å². The van der Waals surface area contributed by atoms with Crippen LogP contribution in [0.1, 0.15) is 39.5 Å². The molecule has 1 aliphatic rings. The highest BCUT2D eigenvalue weighted by atomic mass is 32.2. The van der Waals surface area contributed by atoms with Gasteiger partial charge in [-0.1, -0.05) is 19.8 Å². The Morgan fingerprint density at radius 2 is 2.12 bits per heavy atom. The monoisotopic (exact) mass is 264 g/mol. The van der Waals surface area contributed by atoms with E-state index in [-0.39, 0.29) is 6.54 Å². The molecule has 0 spiro atoms. The van der Waals surface area contributed by atoms with Gasteiger partial charge in [0.1, 0.15) is 0 Å². The van der Waals surface area contributed by atoms with Crippen molar-refractivity contribution in [1.29, 1.82) is 0 Å². The molecule has 1 aliphatic carbocycles. The zero-order valence-corrected chi connectivity index (χ0v) is 11.0. The summed E-state index contributed by atoms with van der Waals surface area (Å²) in [5.74, 6) is -0.943. The first kappa shape index (κ1) is 14.4. The van der Waals surface area contributed by atoms with Crippen molar-refractivity contribution in [3.05, 3.63) is 0 Å². The Balaban J connectivity index is 2.83. The van der Waals surface area contributed by atoms with Crippen molar-refractivity contribution in [2.45, 2.75) is 45.6 Å². The molecule has 0 radical (unpaired) electrons. The van der Waals surface area contributed by atoms with Crippen LogP contribution in [0.2, 0.25) is 0 Å². The van der Waals surface area contributed by atoms with Crippen LogP contribution in [0.4, 0.5) is 0 Å². The van der Waals surface area contributed by atoms with Gasteiger partial charge in [0, 0.05) is 12.6 Å². The van der Waals surface area contributed by atoms with Gasteiger partial charge in [-0.3, -0.25) is 4.79 Å². The van der Waals surface area contributed by atoms with E-state index in [0.29, 0.717) is 12.8 Å². The largest absolute Gasteiger partial charge is 0.481 e. The summed E-state index contributed by atoms with van der Waals surface area (Å²) in [6.45, 7) is 3.57. The summed E-state index contributed by atoms with van der Waals surface area (Å²) >= 11 is 0. The lowest BCUT2D eigenvalue weighted by molar-refractivity contribution is -0.151. The van der Waals surface area contributed by atoms with E-state index in [1.807, 2.05) is 0 Å². The quantitative estimate of drug-likeness (QED) is 0.672. The predicted molar refractivity (Wildman–Crippen MR) is 63.7 cm³/mol. The minimum absolute atomic E-state index is 0.284. The number of carbonyl (C=O) groups is 1. The maximum atomic E-state index is 11.6. The minimum Gasteiger partial charge on any atom is -0.481 e. The molecule has 0 aromatic rings. The molecule has 17 heavy (non-hydrogen) atoms. The molecule has 0 bridgehead atoms. The summed E-state index contributed by atoms with van der Waals surface area (Å²) in [7, 11) is -3.60. The number of nitrogens with one attached hydrogen (secondary N) is 2. The second kappa shape index (κ2) is 5.32. The molecule has 1 fully saturated rings. The van der Waals surface area contributed by atoms with E-state index in [1.165, 1.54) is 0 Å².